The minimum Gasteiger partial charge on any atom is -0.300 e. The van der Waals surface area contributed by atoms with Crippen molar-refractivity contribution in [3.8, 4) is 6.07 Å². The highest BCUT2D eigenvalue weighted by Gasteiger charge is 2.13. The summed E-state index contributed by atoms with van der Waals surface area (Å²) >= 11 is 9.49. The number of carbonyl (C=O) groups is 1. The summed E-state index contributed by atoms with van der Waals surface area (Å²) in [4.78, 5) is 10.6. The summed E-state index contributed by atoms with van der Waals surface area (Å²) in [6.45, 7) is 10.3. The largest absolute Gasteiger partial charge is 0.300 e. The fourth-order valence-electron chi connectivity index (χ4n) is 2.48. The minimum atomic E-state index is 0.461. The first-order chi connectivity index (χ1) is 12.4. The van der Waals surface area contributed by atoms with E-state index in [9.17, 15) is 4.79 Å². The van der Waals surface area contributed by atoms with Crippen LogP contribution in [0, 0.1) is 24.2 Å². The fourth-order valence-corrected chi connectivity index (χ4v) is 3.40. The molecular weight excluding hydrogens is 410 g/mol. The lowest BCUT2D eigenvalue weighted by molar-refractivity contribution is -0.120. The summed E-state index contributed by atoms with van der Waals surface area (Å²) in [7, 11) is 0. The number of hydrogen-bond donors (Lipinski definition) is 0. The average molecular weight is 441 g/mol. The molecule has 1 aliphatic carbocycles. The van der Waals surface area contributed by atoms with Crippen molar-refractivity contribution >= 4 is 37.8 Å². The van der Waals surface area contributed by atoms with Crippen molar-refractivity contribution in [1.29, 1.82) is 5.26 Å². The van der Waals surface area contributed by atoms with Crippen molar-refractivity contribution in [1.82, 2.24) is 0 Å². The average Bonchev–Trinajstić information content (AvgIpc) is 2.64. The van der Waals surface area contributed by atoms with Crippen LogP contribution >= 0.6 is 27.5 Å². The molecule has 0 aliphatic heterocycles. The number of carbonyl (C=O) groups excluding carboxylic acids is 1. The lowest BCUT2D eigenvalue weighted by atomic mass is 9.90. The van der Waals surface area contributed by atoms with Crippen molar-refractivity contribution < 1.29 is 4.79 Å². The number of hydrogen-bond acceptors (Lipinski definition) is 2. The van der Waals surface area contributed by atoms with Gasteiger partial charge in [-0.3, -0.25) is 4.79 Å². The normalized spacial score (nSPS) is 14.5. The number of halogens is 2. The highest BCUT2D eigenvalue weighted by atomic mass is 79.9. The van der Waals surface area contributed by atoms with Crippen LogP contribution in [-0.2, 0) is 4.79 Å². The molecule has 0 unspecified atom stereocenters. The molecule has 0 bridgehead atoms. The first-order valence-corrected chi connectivity index (χ1v) is 10.6. The molecule has 144 valence electrons. The predicted octanol–water partition coefficient (Wildman–Crippen LogP) is 7.85. The molecule has 0 amide bonds. The van der Waals surface area contributed by atoms with E-state index in [0.717, 1.165) is 60.1 Å². The van der Waals surface area contributed by atoms with E-state index in [1.54, 1.807) is 0 Å². The molecule has 1 fully saturated rings. The van der Waals surface area contributed by atoms with E-state index < -0.39 is 0 Å². The Bertz CT molecular complexity index is 636. The van der Waals surface area contributed by atoms with Crippen LogP contribution in [0.25, 0.3) is 4.48 Å². The first kappa shape index (κ1) is 24.9. The van der Waals surface area contributed by atoms with E-state index in [4.69, 9.17) is 16.9 Å². The molecular formula is C22H31BrClNO. The second-order valence-electron chi connectivity index (χ2n) is 6.32. The van der Waals surface area contributed by atoms with Gasteiger partial charge in [0.2, 0.25) is 0 Å². The molecule has 0 atom stereocenters. The van der Waals surface area contributed by atoms with Crippen LogP contribution in [0.5, 0.6) is 0 Å². The third-order valence-electron chi connectivity index (χ3n) is 4.14. The van der Waals surface area contributed by atoms with Crippen LogP contribution < -0.4 is 0 Å². The Morgan fingerprint density at radius 3 is 2.38 bits per heavy atom. The molecule has 4 heteroatoms. The number of nitriles is 1. The van der Waals surface area contributed by atoms with Crippen molar-refractivity contribution in [2.45, 2.75) is 73.1 Å². The topological polar surface area (TPSA) is 40.9 Å². The van der Waals surface area contributed by atoms with Crippen LogP contribution in [0.4, 0.5) is 0 Å². The number of ketones is 1. The summed E-state index contributed by atoms with van der Waals surface area (Å²) in [5.74, 6) is 1.26. The first-order valence-electron chi connectivity index (χ1n) is 9.47. The van der Waals surface area contributed by atoms with Gasteiger partial charge in [0.1, 0.15) is 11.9 Å². The minimum absolute atomic E-state index is 0.461. The summed E-state index contributed by atoms with van der Waals surface area (Å²) in [5.41, 5.74) is 2.63. The Morgan fingerprint density at radius 2 is 1.92 bits per heavy atom. The zero-order chi connectivity index (χ0) is 20.1. The lowest BCUT2D eigenvalue weighted by Crippen LogP contribution is -2.10. The molecule has 0 aromatic heterocycles. The van der Waals surface area contributed by atoms with Gasteiger partial charge in [0.25, 0.3) is 0 Å². The van der Waals surface area contributed by atoms with Gasteiger partial charge in [0.15, 0.2) is 0 Å². The molecule has 2 rings (SSSR count). The van der Waals surface area contributed by atoms with Gasteiger partial charge in [-0.1, -0.05) is 67.7 Å². The van der Waals surface area contributed by atoms with E-state index in [1.807, 2.05) is 32.9 Å². The quantitative estimate of drug-likeness (QED) is 0.480. The van der Waals surface area contributed by atoms with Crippen LogP contribution in [0.2, 0.25) is 5.02 Å². The Balaban J connectivity index is 0.000000522. The van der Waals surface area contributed by atoms with Crippen molar-refractivity contribution in [2.24, 2.45) is 5.92 Å². The number of benzene rings is 1. The fraction of sp³-hybridized carbons (Fsp3) is 0.545. The van der Waals surface area contributed by atoms with E-state index >= 15 is 0 Å². The molecule has 1 aliphatic rings. The van der Waals surface area contributed by atoms with Gasteiger partial charge >= 0.3 is 0 Å². The molecule has 0 saturated heterocycles. The van der Waals surface area contributed by atoms with Crippen molar-refractivity contribution in [3.63, 3.8) is 0 Å². The van der Waals surface area contributed by atoms with Gasteiger partial charge in [0, 0.05) is 17.3 Å². The van der Waals surface area contributed by atoms with Crippen LogP contribution in [0.3, 0.4) is 0 Å². The highest BCUT2D eigenvalue weighted by Crippen LogP contribution is 2.29. The summed E-state index contributed by atoms with van der Waals surface area (Å²) < 4.78 is 1.03. The van der Waals surface area contributed by atoms with Crippen LogP contribution in [0.15, 0.2) is 18.2 Å². The molecule has 1 aromatic carbocycles. The molecule has 2 nitrogen and oxygen atoms in total. The number of aryl methyl sites for hydroxylation is 1. The Kier molecular flexibility index (Phi) is 13.4. The monoisotopic (exact) mass is 439 g/mol. The second kappa shape index (κ2) is 14.0. The standard InChI is InChI=1S/C13H13BrClN.C7H12O.C2H6/c1-3-4-5-12(14)11-7-10(8-16)13(15)6-9(11)2;1-6-2-4-7(8)5-3-6;1-2/h5-7H,3-4H2,1-2H3;6H,2-5H2,1H3;1-2H3/b12-5+;;. The van der Waals surface area contributed by atoms with Gasteiger partial charge in [-0.15, -0.1) is 0 Å². The molecule has 0 radical (unpaired) electrons. The van der Waals surface area contributed by atoms with E-state index in [2.05, 4.69) is 41.9 Å². The zero-order valence-corrected chi connectivity index (χ0v) is 19.0. The van der Waals surface area contributed by atoms with Gasteiger partial charge in [-0.2, -0.15) is 5.26 Å². The van der Waals surface area contributed by atoms with Crippen LogP contribution in [-0.4, -0.2) is 5.78 Å². The summed E-state index contributed by atoms with van der Waals surface area (Å²) in [6.07, 6.45) is 8.16. The molecule has 1 aromatic rings. The van der Waals surface area contributed by atoms with E-state index in [1.165, 1.54) is 0 Å². The number of allylic oxidation sites excluding steroid dienone is 1. The lowest BCUT2D eigenvalue weighted by Gasteiger charge is -2.14. The number of nitrogens with zero attached hydrogens (tertiary/aromatic N) is 1. The summed E-state index contributed by atoms with van der Waals surface area (Å²) in [6, 6.07) is 5.75. The molecule has 0 N–H and O–H groups in total. The number of unbranched alkanes of at least 4 members (excludes halogenated alkanes) is 1. The third-order valence-corrected chi connectivity index (χ3v) is 5.20. The zero-order valence-electron chi connectivity index (χ0n) is 16.7. The summed E-state index contributed by atoms with van der Waals surface area (Å²) in [5, 5.41) is 9.44. The maximum Gasteiger partial charge on any atom is 0.132 e. The Hall–Kier alpha value is -1.11. The maximum atomic E-state index is 10.6. The maximum absolute atomic E-state index is 10.6. The van der Waals surface area contributed by atoms with Crippen molar-refractivity contribution in [2.75, 3.05) is 0 Å². The smallest absolute Gasteiger partial charge is 0.132 e. The molecule has 26 heavy (non-hydrogen) atoms. The predicted molar refractivity (Wildman–Crippen MR) is 117 cm³/mol. The van der Waals surface area contributed by atoms with Gasteiger partial charge < -0.3 is 0 Å². The van der Waals surface area contributed by atoms with Gasteiger partial charge in [-0.25, -0.2) is 0 Å². The van der Waals surface area contributed by atoms with Gasteiger partial charge in [0.05, 0.1) is 10.6 Å². The number of rotatable bonds is 3. The molecule has 1 saturated carbocycles. The molecule has 0 spiro atoms. The third kappa shape index (κ3) is 9.01. The Labute approximate surface area is 172 Å². The van der Waals surface area contributed by atoms with Crippen LogP contribution in [0.1, 0.15) is 82.9 Å². The SMILES string of the molecule is CC.CC1CCC(=O)CC1.CCC/C=C(/Br)c1cc(C#N)c(Cl)cc1C. The highest BCUT2D eigenvalue weighted by molar-refractivity contribution is 9.15. The van der Waals surface area contributed by atoms with E-state index in [0.29, 0.717) is 16.4 Å². The van der Waals surface area contributed by atoms with E-state index in [-0.39, 0.29) is 0 Å². The van der Waals surface area contributed by atoms with Crippen molar-refractivity contribution in [3.05, 3.63) is 39.9 Å². The van der Waals surface area contributed by atoms with Gasteiger partial charge in [-0.05, 0) is 55.4 Å². The molecule has 0 heterocycles. The number of Topliss-reactive ketones (excluding diaryl/α,β-unsaturated/α-hetero) is 1. The Morgan fingerprint density at radius 1 is 1.35 bits per heavy atom. The second-order valence-corrected chi connectivity index (χ2v) is 7.58.